The van der Waals surface area contributed by atoms with Gasteiger partial charge in [0.15, 0.2) is 0 Å². The lowest BCUT2D eigenvalue weighted by atomic mass is 10.1. The molecule has 0 aliphatic heterocycles. The molecule has 0 aliphatic carbocycles. The highest BCUT2D eigenvalue weighted by Crippen LogP contribution is 2.25. The molecule has 6 heteroatoms. The SMILES string of the molecule is Cc1cc(/C=C(/C#N)C(=O)Nc2cccc(Br)c2)c(C)n1-c1ccccc1F. The maximum atomic E-state index is 14.2. The Morgan fingerprint density at radius 2 is 1.93 bits per heavy atom. The van der Waals surface area contributed by atoms with Gasteiger partial charge in [0, 0.05) is 21.5 Å². The number of aryl methyl sites for hydroxylation is 1. The van der Waals surface area contributed by atoms with E-state index in [2.05, 4.69) is 21.2 Å². The van der Waals surface area contributed by atoms with Crippen molar-refractivity contribution in [2.24, 2.45) is 0 Å². The molecule has 1 N–H and O–H groups in total. The number of para-hydroxylation sites is 1. The number of hydrogen-bond acceptors (Lipinski definition) is 2. The topological polar surface area (TPSA) is 57.8 Å². The van der Waals surface area contributed by atoms with Crippen molar-refractivity contribution in [2.45, 2.75) is 13.8 Å². The summed E-state index contributed by atoms with van der Waals surface area (Å²) in [4.78, 5) is 12.5. The number of hydrogen-bond donors (Lipinski definition) is 1. The average molecular weight is 438 g/mol. The van der Waals surface area contributed by atoms with E-state index < -0.39 is 5.91 Å². The maximum absolute atomic E-state index is 14.2. The average Bonchev–Trinajstić information content (AvgIpc) is 2.93. The van der Waals surface area contributed by atoms with Crippen LogP contribution in [0.5, 0.6) is 0 Å². The highest BCUT2D eigenvalue weighted by molar-refractivity contribution is 9.10. The number of rotatable bonds is 4. The minimum absolute atomic E-state index is 0.0336. The van der Waals surface area contributed by atoms with Gasteiger partial charge in [-0.25, -0.2) is 4.39 Å². The van der Waals surface area contributed by atoms with E-state index in [1.54, 1.807) is 41.0 Å². The zero-order valence-corrected chi connectivity index (χ0v) is 16.9. The number of anilines is 1. The normalized spacial score (nSPS) is 11.2. The first-order valence-corrected chi connectivity index (χ1v) is 9.32. The molecule has 28 heavy (non-hydrogen) atoms. The van der Waals surface area contributed by atoms with Crippen molar-refractivity contribution < 1.29 is 9.18 Å². The lowest BCUT2D eigenvalue weighted by molar-refractivity contribution is -0.112. The Hall–Kier alpha value is -3.17. The minimum Gasteiger partial charge on any atom is -0.321 e. The van der Waals surface area contributed by atoms with Gasteiger partial charge >= 0.3 is 0 Å². The molecule has 1 heterocycles. The van der Waals surface area contributed by atoms with Crippen LogP contribution in [0.3, 0.4) is 0 Å². The molecule has 0 spiro atoms. The lowest BCUT2D eigenvalue weighted by Gasteiger charge is -2.10. The number of aromatic nitrogens is 1. The number of halogens is 2. The van der Waals surface area contributed by atoms with Crippen molar-refractivity contribution in [1.82, 2.24) is 4.57 Å². The molecule has 2 aromatic carbocycles. The van der Waals surface area contributed by atoms with Gasteiger partial charge in [-0.1, -0.05) is 34.1 Å². The Labute approximate surface area is 171 Å². The van der Waals surface area contributed by atoms with Crippen LogP contribution in [0.4, 0.5) is 10.1 Å². The number of carbonyl (C=O) groups is 1. The Kier molecular flexibility index (Phi) is 5.76. The molecule has 3 rings (SSSR count). The van der Waals surface area contributed by atoms with Crippen LogP contribution in [0.25, 0.3) is 11.8 Å². The van der Waals surface area contributed by atoms with Gasteiger partial charge in [0.2, 0.25) is 0 Å². The summed E-state index contributed by atoms with van der Waals surface area (Å²) in [6.07, 6.45) is 1.52. The Bertz CT molecular complexity index is 1130. The second kappa shape index (κ2) is 8.24. The summed E-state index contributed by atoms with van der Waals surface area (Å²) in [5.41, 5.74) is 3.20. The van der Waals surface area contributed by atoms with Crippen molar-refractivity contribution in [3.8, 4) is 11.8 Å². The summed E-state index contributed by atoms with van der Waals surface area (Å²) in [5.74, 6) is -0.843. The van der Waals surface area contributed by atoms with Crippen LogP contribution in [0.2, 0.25) is 0 Å². The van der Waals surface area contributed by atoms with Crippen molar-refractivity contribution in [1.29, 1.82) is 5.26 Å². The third kappa shape index (κ3) is 4.05. The second-order valence-corrected chi connectivity index (χ2v) is 7.16. The second-order valence-electron chi connectivity index (χ2n) is 6.25. The molecule has 0 aliphatic rings. The lowest BCUT2D eigenvalue weighted by Crippen LogP contribution is -2.13. The van der Waals surface area contributed by atoms with Gasteiger partial charge in [-0.2, -0.15) is 5.26 Å². The van der Waals surface area contributed by atoms with Crippen molar-refractivity contribution >= 4 is 33.6 Å². The largest absolute Gasteiger partial charge is 0.321 e. The fourth-order valence-corrected chi connectivity index (χ4v) is 3.41. The van der Waals surface area contributed by atoms with E-state index in [1.807, 2.05) is 32.0 Å². The molecule has 0 bridgehead atoms. The number of nitrogens with zero attached hydrogens (tertiary/aromatic N) is 2. The van der Waals surface area contributed by atoms with Crippen molar-refractivity contribution in [3.05, 3.63) is 87.4 Å². The number of carbonyl (C=O) groups excluding carboxylic acids is 1. The van der Waals surface area contributed by atoms with Gasteiger partial charge in [0.25, 0.3) is 5.91 Å². The van der Waals surface area contributed by atoms with E-state index in [-0.39, 0.29) is 11.4 Å². The summed E-state index contributed by atoms with van der Waals surface area (Å²) < 4.78 is 16.8. The highest BCUT2D eigenvalue weighted by Gasteiger charge is 2.15. The minimum atomic E-state index is -0.503. The monoisotopic (exact) mass is 437 g/mol. The first-order chi connectivity index (χ1) is 13.4. The Balaban J connectivity index is 1.95. The first kappa shape index (κ1) is 19.6. The van der Waals surface area contributed by atoms with Crippen LogP contribution in [-0.2, 0) is 4.79 Å². The first-order valence-electron chi connectivity index (χ1n) is 8.53. The third-order valence-electron chi connectivity index (χ3n) is 4.31. The van der Waals surface area contributed by atoms with Crippen LogP contribution in [0.1, 0.15) is 17.0 Å². The van der Waals surface area contributed by atoms with Crippen molar-refractivity contribution in [2.75, 3.05) is 5.32 Å². The number of amides is 1. The molecule has 4 nitrogen and oxygen atoms in total. The molecule has 0 radical (unpaired) electrons. The van der Waals surface area contributed by atoms with Gasteiger partial charge in [-0.15, -0.1) is 0 Å². The molecule has 1 amide bonds. The smallest absolute Gasteiger partial charge is 0.266 e. The summed E-state index contributed by atoms with van der Waals surface area (Å²) in [6, 6.07) is 17.4. The molecule has 3 aromatic rings. The van der Waals surface area contributed by atoms with E-state index in [0.29, 0.717) is 16.9 Å². The Morgan fingerprint density at radius 1 is 1.18 bits per heavy atom. The fourth-order valence-electron chi connectivity index (χ4n) is 3.01. The summed E-state index contributed by atoms with van der Waals surface area (Å²) in [7, 11) is 0. The van der Waals surface area contributed by atoms with E-state index in [1.165, 1.54) is 12.1 Å². The zero-order chi connectivity index (χ0) is 20.3. The molecular weight excluding hydrogens is 421 g/mol. The zero-order valence-electron chi connectivity index (χ0n) is 15.3. The maximum Gasteiger partial charge on any atom is 0.266 e. The van der Waals surface area contributed by atoms with Crippen LogP contribution in [0, 0.1) is 31.0 Å². The molecule has 0 saturated carbocycles. The summed E-state index contributed by atoms with van der Waals surface area (Å²) in [6.45, 7) is 3.68. The van der Waals surface area contributed by atoms with E-state index in [9.17, 15) is 14.4 Å². The predicted molar refractivity (Wildman–Crippen MR) is 112 cm³/mol. The third-order valence-corrected chi connectivity index (χ3v) is 4.80. The summed E-state index contributed by atoms with van der Waals surface area (Å²) >= 11 is 3.34. The van der Waals surface area contributed by atoms with Crippen LogP contribution in [-0.4, -0.2) is 10.5 Å². The van der Waals surface area contributed by atoms with Crippen LogP contribution in [0.15, 0.2) is 64.6 Å². The number of nitriles is 1. The molecule has 1 aromatic heterocycles. The van der Waals surface area contributed by atoms with Gasteiger partial charge in [0.1, 0.15) is 17.5 Å². The van der Waals surface area contributed by atoms with Gasteiger partial charge in [-0.3, -0.25) is 4.79 Å². The van der Waals surface area contributed by atoms with Crippen LogP contribution < -0.4 is 5.32 Å². The van der Waals surface area contributed by atoms with Crippen LogP contribution >= 0.6 is 15.9 Å². The quantitative estimate of drug-likeness (QED) is 0.430. The molecule has 0 unspecified atom stereocenters. The van der Waals surface area contributed by atoms with Gasteiger partial charge < -0.3 is 9.88 Å². The highest BCUT2D eigenvalue weighted by atomic mass is 79.9. The molecule has 140 valence electrons. The fraction of sp³-hybridized carbons (Fsp3) is 0.0909. The van der Waals surface area contributed by atoms with E-state index in [4.69, 9.17) is 0 Å². The molecule has 0 saturated heterocycles. The predicted octanol–water partition coefficient (Wildman–Crippen LogP) is 5.54. The molecule has 0 fully saturated rings. The molecular formula is C22H17BrFN3O. The molecule has 0 atom stereocenters. The number of benzene rings is 2. The Morgan fingerprint density at radius 3 is 2.61 bits per heavy atom. The van der Waals surface area contributed by atoms with Crippen molar-refractivity contribution in [3.63, 3.8) is 0 Å². The van der Waals surface area contributed by atoms with E-state index >= 15 is 0 Å². The van der Waals surface area contributed by atoms with E-state index in [0.717, 1.165) is 15.9 Å². The summed E-state index contributed by atoms with van der Waals surface area (Å²) in [5, 5.41) is 12.2. The standard InChI is InChI=1S/C22H17BrFN3O/c1-14-10-16(15(2)27(14)21-9-4-3-8-20(21)24)11-17(13-25)22(28)26-19-7-5-6-18(23)12-19/h3-12H,1-2H3,(H,26,28)/b17-11-. The number of nitrogens with one attached hydrogen (secondary N) is 1. The van der Waals surface area contributed by atoms with Gasteiger partial charge in [-0.05, 0) is 61.9 Å². The van der Waals surface area contributed by atoms with Gasteiger partial charge in [0.05, 0.1) is 5.69 Å².